The summed E-state index contributed by atoms with van der Waals surface area (Å²) in [6.45, 7) is 0.0523. The lowest BCUT2D eigenvalue weighted by atomic mass is 10.1. The highest BCUT2D eigenvalue weighted by Crippen LogP contribution is 2.23. The molecule has 0 aliphatic rings. The van der Waals surface area contributed by atoms with Crippen LogP contribution in [0.3, 0.4) is 0 Å². The normalized spacial score (nSPS) is 11.0. The molecule has 0 N–H and O–H groups in total. The van der Waals surface area contributed by atoms with E-state index in [2.05, 4.69) is 15.2 Å². The highest BCUT2D eigenvalue weighted by Gasteiger charge is 2.09. The van der Waals surface area contributed by atoms with Crippen LogP contribution in [0.5, 0.6) is 11.5 Å². The molecule has 6 nitrogen and oxygen atoms in total. The highest BCUT2D eigenvalue weighted by atomic mass is 19.1. The van der Waals surface area contributed by atoms with Crippen molar-refractivity contribution in [1.29, 1.82) is 0 Å². The zero-order valence-corrected chi connectivity index (χ0v) is 13.3. The van der Waals surface area contributed by atoms with Gasteiger partial charge in [0, 0.05) is 11.6 Å². The molecule has 0 spiro atoms. The summed E-state index contributed by atoms with van der Waals surface area (Å²) in [5, 5.41) is 7.98. The lowest BCUT2D eigenvalue weighted by Crippen LogP contribution is -2.02. The molecule has 0 saturated heterocycles. The maximum atomic E-state index is 13.7. The van der Waals surface area contributed by atoms with Crippen molar-refractivity contribution in [3.8, 4) is 11.5 Å². The summed E-state index contributed by atoms with van der Waals surface area (Å²) >= 11 is 0. The van der Waals surface area contributed by atoms with Gasteiger partial charge in [-0.1, -0.05) is 0 Å². The molecule has 8 heteroatoms. The van der Waals surface area contributed by atoms with E-state index in [9.17, 15) is 8.78 Å². The number of methoxy groups -OCH3 is 1. The summed E-state index contributed by atoms with van der Waals surface area (Å²) in [5.41, 5.74) is 1.46. The smallest absolute Gasteiger partial charge is 0.167 e. The summed E-state index contributed by atoms with van der Waals surface area (Å²) < 4.78 is 37.3. The van der Waals surface area contributed by atoms with Gasteiger partial charge in [0.2, 0.25) is 0 Å². The maximum Gasteiger partial charge on any atom is 0.167 e. The van der Waals surface area contributed by atoms with Crippen LogP contribution < -0.4 is 9.47 Å². The lowest BCUT2D eigenvalue weighted by Gasteiger charge is -2.11. The molecule has 3 rings (SSSR count). The molecule has 25 heavy (non-hydrogen) atoms. The molecule has 2 aromatic carbocycles. The summed E-state index contributed by atoms with van der Waals surface area (Å²) in [6.07, 6.45) is 4.43. The second-order valence-corrected chi connectivity index (χ2v) is 5.00. The number of hydrogen-bond acceptors (Lipinski definition) is 5. The number of ether oxygens (including phenoxy) is 2. The Morgan fingerprint density at radius 2 is 2.00 bits per heavy atom. The lowest BCUT2D eigenvalue weighted by molar-refractivity contribution is 0.282. The average Bonchev–Trinajstić information content (AvgIpc) is 3.13. The van der Waals surface area contributed by atoms with Crippen LogP contribution >= 0.6 is 0 Å². The number of nitrogens with zero attached hydrogens (tertiary/aromatic N) is 4. The molecule has 0 unspecified atom stereocenters. The first kappa shape index (κ1) is 16.6. The first-order chi connectivity index (χ1) is 12.2. The van der Waals surface area contributed by atoms with E-state index in [4.69, 9.17) is 9.47 Å². The van der Waals surface area contributed by atoms with Gasteiger partial charge >= 0.3 is 0 Å². The van der Waals surface area contributed by atoms with E-state index in [0.29, 0.717) is 11.3 Å². The minimum atomic E-state index is -0.761. The van der Waals surface area contributed by atoms with Gasteiger partial charge in [-0.3, -0.25) is 0 Å². The molecule has 0 aliphatic heterocycles. The standard InChI is InChI=1S/C17H14F2N4O2/c1-24-16-4-2-12(8-21-23-11-20-10-22-23)6-13(16)9-25-17-5-3-14(18)7-15(17)19/h2-8,10-11H,9H2,1H3/b21-8-. The van der Waals surface area contributed by atoms with Crippen LogP contribution in [0.2, 0.25) is 0 Å². The van der Waals surface area contributed by atoms with Gasteiger partial charge in [-0.05, 0) is 35.9 Å². The molecule has 0 amide bonds. The van der Waals surface area contributed by atoms with Gasteiger partial charge < -0.3 is 9.47 Å². The van der Waals surface area contributed by atoms with Crippen molar-refractivity contribution in [1.82, 2.24) is 14.9 Å². The molecule has 128 valence electrons. The van der Waals surface area contributed by atoms with Crippen molar-refractivity contribution < 1.29 is 18.3 Å². The summed E-state index contributed by atoms with van der Waals surface area (Å²) in [7, 11) is 1.53. The zero-order chi connectivity index (χ0) is 17.6. The topological polar surface area (TPSA) is 61.5 Å². The fraction of sp³-hybridized carbons (Fsp3) is 0.118. The molecule has 3 aromatic rings. The van der Waals surface area contributed by atoms with Crippen molar-refractivity contribution in [3.63, 3.8) is 0 Å². The van der Waals surface area contributed by atoms with Crippen molar-refractivity contribution in [2.45, 2.75) is 6.61 Å². The third-order valence-electron chi connectivity index (χ3n) is 3.31. The van der Waals surface area contributed by atoms with E-state index in [1.54, 1.807) is 24.4 Å². The Balaban J connectivity index is 1.78. The van der Waals surface area contributed by atoms with Gasteiger partial charge in [-0.25, -0.2) is 13.8 Å². The Kier molecular flexibility index (Phi) is 4.98. The molecule has 0 bridgehead atoms. The third-order valence-corrected chi connectivity index (χ3v) is 3.31. The van der Waals surface area contributed by atoms with Crippen LogP contribution in [-0.4, -0.2) is 28.2 Å². The molecule has 0 aliphatic carbocycles. The zero-order valence-electron chi connectivity index (χ0n) is 13.3. The van der Waals surface area contributed by atoms with Crippen molar-refractivity contribution in [2.75, 3.05) is 7.11 Å². The quantitative estimate of drug-likeness (QED) is 0.645. The molecule has 0 atom stereocenters. The third kappa shape index (κ3) is 4.17. The Hall–Kier alpha value is -3.29. The number of rotatable bonds is 6. The molecule has 0 radical (unpaired) electrons. The predicted octanol–water partition coefficient (Wildman–Crippen LogP) is 3.03. The number of benzene rings is 2. The van der Waals surface area contributed by atoms with Gasteiger partial charge in [0.15, 0.2) is 11.6 Å². The number of halogens is 2. The van der Waals surface area contributed by atoms with E-state index in [0.717, 1.165) is 17.7 Å². The predicted molar refractivity (Wildman–Crippen MR) is 86.7 cm³/mol. The van der Waals surface area contributed by atoms with Gasteiger partial charge in [0.05, 0.1) is 13.3 Å². The van der Waals surface area contributed by atoms with E-state index >= 15 is 0 Å². The van der Waals surface area contributed by atoms with E-state index in [1.165, 1.54) is 30.6 Å². The summed E-state index contributed by atoms with van der Waals surface area (Å²) in [6, 6.07) is 8.50. The van der Waals surface area contributed by atoms with Gasteiger partial charge in [-0.2, -0.15) is 5.10 Å². The van der Waals surface area contributed by atoms with Crippen LogP contribution in [0.25, 0.3) is 0 Å². The molecule has 1 aromatic heterocycles. The fourth-order valence-electron chi connectivity index (χ4n) is 2.13. The van der Waals surface area contributed by atoms with Gasteiger partial charge in [0.25, 0.3) is 0 Å². The van der Waals surface area contributed by atoms with Crippen LogP contribution in [-0.2, 0) is 6.61 Å². The van der Waals surface area contributed by atoms with Crippen molar-refractivity contribution in [3.05, 3.63) is 71.8 Å². The molecule has 1 heterocycles. The van der Waals surface area contributed by atoms with Crippen LogP contribution in [0.1, 0.15) is 11.1 Å². The second kappa shape index (κ2) is 7.52. The van der Waals surface area contributed by atoms with E-state index < -0.39 is 11.6 Å². The van der Waals surface area contributed by atoms with Crippen LogP contribution in [0.4, 0.5) is 8.78 Å². The van der Waals surface area contributed by atoms with Crippen molar-refractivity contribution in [2.24, 2.45) is 5.10 Å². The Labute approximate surface area is 142 Å². The summed E-state index contributed by atoms with van der Waals surface area (Å²) in [4.78, 5) is 5.11. The molecular weight excluding hydrogens is 330 g/mol. The molecule has 0 saturated carbocycles. The maximum absolute atomic E-state index is 13.7. The van der Waals surface area contributed by atoms with E-state index in [-0.39, 0.29) is 12.4 Å². The number of aromatic nitrogens is 3. The van der Waals surface area contributed by atoms with Crippen LogP contribution in [0.15, 0.2) is 54.2 Å². The molecular formula is C17H14F2N4O2. The van der Waals surface area contributed by atoms with Crippen LogP contribution in [0, 0.1) is 11.6 Å². The minimum absolute atomic E-state index is 0.0369. The van der Waals surface area contributed by atoms with E-state index in [1.807, 2.05) is 0 Å². The number of hydrogen-bond donors (Lipinski definition) is 0. The largest absolute Gasteiger partial charge is 0.496 e. The van der Waals surface area contributed by atoms with Crippen molar-refractivity contribution >= 4 is 6.21 Å². The SMILES string of the molecule is COc1ccc(/C=N\n2cncn2)cc1COc1ccc(F)cc1F. The Morgan fingerprint density at radius 1 is 1.16 bits per heavy atom. The van der Waals surface area contributed by atoms with Gasteiger partial charge in [0.1, 0.15) is 30.8 Å². The summed E-state index contributed by atoms with van der Waals surface area (Å²) in [5.74, 6) is -0.873. The highest BCUT2D eigenvalue weighted by molar-refractivity contribution is 5.80. The molecule has 0 fully saturated rings. The first-order valence-electron chi connectivity index (χ1n) is 7.29. The van der Waals surface area contributed by atoms with Gasteiger partial charge in [-0.15, -0.1) is 9.89 Å². The fourth-order valence-corrected chi connectivity index (χ4v) is 2.13. The Bertz CT molecular complexity index is 882. The first-order valence-corrected chi connectivity index (χ1v) is 7.29. The average molecular weight is 344 g/mol. The minimum Gasteiger partial charge on any atom is -0.496 e. The Morgan fingerprint density at radius 3 is 2.72 bits per heavy atom. The monoisotopic (exact) mass is 344 g/mol. The second-order valence-electron chi connectivity index (χ2n) is 5.00.